The van der Waals surface area contributed by atoms with Crippen molar-refractivity contribution in [2.75, 3.05) is 0 Å². The van der Waals surface area contributed by atoms with Crippen molar-refractivity contribution in [3.05, 3.63) is 0 Å². The van der Waals surface area contributed by atoms with E-state index in [1.165, 1.54) is 32.1 Å². The van der Waals surface area contributed by atoms with Crippen molar-refractivity contribution in [1.29, 1.82) is 0 Å². The van der Waals surface area contributed by atoms with Gasteiger partial charge in [0.25, 0.3) is 0 Å². The van der Waals surface area contributed by atoms with Crippen molar-refractivity contribution in [3.63, 3.8) is 0 Å². The van der Waals surface area contributed by atoms with Gasteiger partial charge in [0, 0.05) is 24.4 Å². The van der Waals surface area contributed by atoms with Crippen molar-refractivity contribution in [1.82, 2.24) is 0 Å². The molecule has 0 aliphatic rings. The lowest BCUT2D eigenvalue weighted by molar-refractivity contribution is -0.0111. The highest BCUT2D eigenvalue weighted by Crippen LogP contribution is 2.27. The quantitative estimate of drug-likeness (QED) is 0.225. The zero-order valence-electron chi connectivity index (χ0n) is 17.5. The molecule has 0 aliphatic heterocycles. The normalized spacial score (nSPS) is 18.1. The maximum atomic E-state index is 6.45. The Morgan fingerprint density at radius 2 is 0.958 bits per heavy atom. The zero-order chi connectivity index (χ0) is 18.4. The molecule has 0 bridgehead atoms. The molecule has 0 aromatic carbocycles. The van der Waals surface area contributed by atoms with E-state index >= 15 is 0 Å². The molecule has 3 nitrogen and oxygen atoms in total. The predicted octanol–water partition coefficient (Wildman–Crippen LogP) is 6.73. The molecule has 0 aliphatic carbocycles. The van der Waals surface area contributed by atoms with E-state index in [2.05, 4.69) is 48.5 Å². The molecule has 0 amide bonds. The summed E-state index contributed by atoms with van der Waals surface area (Å²) in [5.74, 6) is 0. The van der Waals surface area contributed by atoms with E-state index in [9.17, 15) is 0 Å². The minimum absolute atomic E-state index is 0.199. The van der Waals surface area contributed by atoms with Crippen LogP contribution in [0, 0.1) is 0 Å². The number of rotatable bonds is 16. The lowest BCUT2D eigenvalue weighted by Gasteiger charge is -2.36. The van der Waals surface area contributed by atoms with Gasteiger partial charge in [0.05, 0.1) is 0 Å². The van der Waals surface area contributed by atoms with Crippen LogP contribution in [0.15, 0.2) is 0 Å². The van der Waals surface area contributed by atoms with E-state index in [-0.39, 0.29) is 18.3 Å². The SMILES string of the molecule is CCCCCCCC[Si](OC(C)CC)(OC(C)CC)OC(C)CC. The Balaban J connectivity index is 4.87. The van der Waals surface area contributed by atoms with Crippen molar-refractivity contribution < 1.29 is 13.3 Å². The van der Waals surface area contributed by atoms with Gasteiger partial charge < -0.3 is 13.3 Å². The molecule has 0 saturated heterocycles. The van der Waals surface area contributed by atoms with Crippen molar-refractivity contribution >= 4 is 8.80 Å². The van der Waals surface area contributed by atoms with Gasteiger partial charge in [0.15, 0.2) is 0 Å². The van der Waals surface area contributed by atoms with Gasteiger partial charge in [-0.25, -0.2) is 0 Å². The van der Waals surface area contributed by atoms with Crippen LogP contribution in [0.1, 0.15) is 106 Å². The highest BCUT2D eigenvalue weighted by Gasteiger charge is 2.44. The van der Waals surface area contributed by atoms with Crippen molar-refractivity contribution in [2.24, 2.45) is 0 Å². The minimum Gasteiger partial charge on any atom is -0.371 e. The van der Waals surface area contributed by atoms with Gasteiger partial charge in [-0.2, -0.15) is 0 Å². The largest absolute Gasteiger partial charge is 0.501 e. The standard InChI is InChI=1S/C20H44O3Si/c1-8-12-13-14-15-16-17-24(21-18(5)9-2,22-19(6)10-3)23-20(7)11-4/h18-20H,8-17H2,1-7H3. The Kier molecular flexibility index (Phi) is 14.3. The van der Waals surface area contributed by atoms with Crippen LogP contribution in [0.4, 0.5) is 0 Å². The van der Waals surface area contributed by atoms with Gasteiger partial charge in [-0.05, 0) is 46.5 Å². The third-order valence-corrected chi connectivity index (χ3v) is 7.95. The fraction of sp³-hybridized carbons (Fsp3) is 1.00. The number of hydrogen-bond donors (Lipinski definition) is 0. The van der Waals surface area contributed by atoms with Crippen molar-refractivity contribution in [3.8, 4) is 0 Å². The van der Waals surface area contributed by atoms with E-state index in [4.69, 9.17) is 13.3 Å². The Morgan fingerprint density at radius 1 is 0.583 bits per heavy atom. The van der Waals surface area contributed by atoms with Gasteiger partial charge in [-0.3, -0.25) is 0 Å². The first-order chi connectivity index (χ1) is 11.4. The van der Waals surface area contributed by atoms with Gasteiger partial charge in [-0.15, -0.1) is 0 Å². The smallest absolute Gasteiger partial charge is 0.371 e. The summed E-state index contributed by atoms with van der Waals surface area (Å²) in [5, 5.41) is 0. The van der Waals surface area contributed by atoms with Gasteiger partial charge in [0.2, 0.25) is 0 Å². The summed E-state index contributed by atoms with van der Waals surface area (Å²) < 4.78 is 19.4. The first-order valence-electron chi connectivity index (χ1n) is 10.5. The Hall–Kier alpha value is 0.0969. The first kappa shape index (κ1) is 24.1. The van der Waals surface area contributed by atoms with Crippen LogP contribution in [0.25, 0.3) is 0 Å². The Bertz CT molecular complexity index is 255. The molecule has 0 aromatic rings. The van der Waals surface area contributed by atoms with Gasteiger partial charge >= 0.3 is 8.80 Å². The topological polar surface area (TPSA) is 27.7 Å². The summed E-state index contributed by atoms with van der Waals surface area (Å²) >= 11 is 0. The van der Waals surface area contributed by atoms with Crippen LogP contribution in [0.2, 0.25) is 6.04 Å². The van der Waals surface area contributed by atoms with E-state index in [1.807, 2.05) is 0 Å². The average Bonchev–Trinajstić information content (AvgIpc) is 2.57. The highest BCUT2D eigenvalue weighted by molar-refractivity contribution is 6.60. The van der Waals surface area contributed by atoms with Crippen LogP contribution in [-0.2, 0) is 13.3 Å². The second-order valence-corrected chi connectivity index (χ2v) is 9.78. The third kappa shape index (κ3) is 10.9. The zero-order valence-corrected chi connectivity index (χ0v) is 18.5. The molecule has 24 heavy (non-hydrogen) atoms. The molecule has 0 saturated carbocycles. The molecule has 0 N–H and O–H groups in total. The van der Waals surface area contributed by atoms with E-state index in [0.29, 0.717) is 0 Å². The summed E-state index contributed by atoms with van der Waals surface area (Å²) in [4.78, 5) is 0. The monoisotopic (exact) mass is 360 g/mol. The molecular weight excluding hydrogens is 316 g/mol. The molecule has 0 aromatic heterocycles. The number of hydrogen-bond acceptors (Lipinski definition) is 3. The van der Waals surface area contributed by atoms with Crippen LogP contribution < -0.4 is 0 Å². The molecule has 0 rings (SSSR count). The molecular formula is C20H44O3Si. The van der Waals surface area contributed by atoms with Crippen LogP contribution >= 0.6 is 0 Å². The lowest BCUT2D eigenvalue weighted by atomic mass is 10.1. The summed E-state index contributed by atoms with van der Waals surface area (Å²) in [6, 6.07) is 0.956. The molecule has 0 fully saturated rings. The molecule has 146 valence electrons. The van der Waals surface area contributed by atoms with Crippen LogP contribution in [-0.4, -0.2) is 27.1 Å². The van der Waals surface area contributed by atoms with Crippen LogP contribution in [0.3, 0.4) is 0 Å². The Labute approximate surface area is 153 Å². The average molecular weight is 361 g/mol. The first-order valence-corrected chi connectivity index (χ1v) is 12.4. The molecule has 4 heteroatoms. The summed E-state index contributed by atoms with van der Waals surface area (Å²) in [6.45, 7) is 15.2. The molecule has 0 radical (unpaired) electrons. The van der Waals surface area contributed by atoms with Gasteiger partial charge in [-0.1, -0.05) is 59.8 Å². The van der Waals surface area contributed by atoms with Gasteiger partial charge in [0.1, 0.15) is 0 Å². The summed E-state index contributed by atoms with van der Waals surface area (Å²) in [6.07, 6.45) is 11.3. The summed E-state index contributed by atoms with van der Waals surface area (Å²) in [5.41, 5.74) is 0. The molecule has 0 heterocycles. The lowest BCUT2D eigenvalue weighted by Crippen LogP contribution is -2.51. The molecule has 3 unspecified atom stereocenters. The second kappa shape index (κ2) is 14.3. The fourth-order valence-corrected chi connectivity index (χ4v) is 6.09. The van der Waals surface area contributed by atoms with Crippen LogP contribution in [0.5, 0.6) is 0 Å². The fourth-order valence-electron chi connectivity index (χ4n) is 2.55. The maximum Gasteiger partial charge on any atom is 0.501 e. The predicted molar refractivity (Wildman–Crippen MR) is 106 cm³/mol. The van der Waals surface area contributed by atoms with E-state index in [1.54, 1.807) is 0 Å². The highest BCUT2D eigenvalue weighted by atomic mass is 28.4. The maximum absolute atomic E-state index is 6.45. The second-order valence-electron chi connectivity index (χ2n) is 7.21. The summed E-state index contributed by atoms with van der Waals surface area (Å²) in [7, 11) is -2.62. The molecule has 0 spiro atoms. The molecule has 3 atom stereocenters. The number of unbranched alkanes of at least 4 members (excludes halogenated alkanes) is 5. The third-order valence-electron chi connectivity index (χ3n) is 4.70. The minimum atomic E-state index is -2.62. The van der Waals surface area contributed by atoms with E-state index in [0.717, 1.165) is 31.7 Å². The van der Waals surface area contributed by atoms with Crippen molar-refractivity contribution in [2.45, 2.75) is 131 Å². The van der Waals surface area contributed by atoms with E-state index < -0.39 is 8.80 Å². The Morgan fingerprint density at radius 3 is 1.33 bits per heavy atom.